The van der Waals surface area contributed by atoms with Crippen molar-refractivity contribution in [2.75, 3.05) is 26.8 Å². The van der Waals surface area contributed by atoms with E-state index in [-0.39, 0.29) is 30.5 Å². The molecule has 1 atom stereocenters. The number of hydrogen-bond donors (Lipinski definition) is 2. The average molecular weight is 398 g/mol. The summed E-state index contributed by atoms with van der Waals surface area (Å²) in [6.45, 7) is 3.98. The Kier molecular flexibility index (Phi) is 6.96. The molecule has 1 fully saturated rings. The number of amides is 1. The lowest BCUT2D eigenvalue weighted by Gasteiger charge is -2.31. The van der Waals surface area contributed by atoms with Gasteiger partial charge in [0, 0.05) is 26.1 Å². The van der Waals surface area contributed by atoms with Crippen molar-refractivity contribution in [2.45, 2.75) is 37.6 Å². The van der Waals surface area contributed by atoms with Gasteiger partial charge in [0.25, 0.3) is 0 Å². The fraction of sp³-hybridized carbons (Fsp3) is 0.556. The molecule has 9 heteroatoms. The number of methoxy groups -OCH3 is 1. The van der Waals surface area contributed by atoms with E-state index >= 15 is 0 Å². The normalized spacial score (nSPS) is 17.4. The maximum absolute atomic E-state index is 12.9. The van der Waals surface area contributed by atoms with Crippen molar-refractivity contribution in [3.8, 4) is 0 Å². The fourth-order valence-electron chi connectivity index (χ4n) is 3.22. The maximum atomic E-state index is 12.9. The number of piperidine rings is 1. The van der Waals surface area contributed by atoms with Crippen LogP contribution in [0, 0.1) is 19.8 Å². The van der Waals surface area contributed by atoms with Crippen molar-refractivity contribution in [3.63, 3.8) is 0 Å². The zero-order valence-corrected chi connectivity index (χ0v) is 16.6. The van der Waals surface area contributed by atoms with Gasteiger partial charge in [-0.05, 0) is 38.3 Å². The van der Waals surface area contributed by atoms with Gasteiger partial charge in [-0.2, -0.15) is 4.31 Å². The summed E-state index contributed by atoms with van der Waals surface area (Å²) >= 11 is 0. The lowest BCUT2D eigenvalue weighted by molar-refractivity contribution is -0.144. The second-order valence-corrected chi connectivity index (χ2v) is 8.71. The molecule has 1 unspecified atom stereocenters. The van der Waals surface area contributed by atoms with Gasteiger partial charge in [-0.3, -0.25) is 4.79 Å². The SMILES string of the molecule is COCC(NC(=O)C1CCN(S(=O)(=O)c2ccc(C)cc2C)CC1)C(=O)O. The highest BCUT2D eigenvalue weighted by atomic mass is 32.2. The highest BCUT2D eigenvalue weighted by Crippen LogP contribution is 2.26. The summed E-state index contributed by atoms with van der Waals surface area (Å²) in [5.41, 5.74) is 1.68. The summed E-state index contributed by atoms with van der Waals surface area (Å²) in [6, 6.07) is 4.09. The van der Waals surface area contributed by atoms with Crippen LogP contribution < -0.4 is 5.32 Å². The molecular weight excluding hydrogens is 372 g/mol. The number of rotatable bonds is 7. The summed E-state index contributed by atoms with van der Waals surface area (Å²) in [4.78, 5) is 23.7. The number of sulfonamides is 1. The highest BCUT2D eigenvalue weighted by molar-refractivity contribution is 7.89. The van der Waals surface area contributed by atoms with Crippen LogP contribution in [-0.2, 0) is 24.3 Å². The second kappa shape index (κ2) is 8.81. The van der Waals surface area contributed by atoms with Gasteiger partial charge in [-0.1, -0.05) is 17.7 Å². The number of carbonyl (C=O) groups excluding carboxylic acids is 1. The first-order chi connectivity index (χ1) is 12.7. The van der Waals surface area contributed by atoms with Gasteiger partial charge in [0.2, 0.25) is 15.9 Å². The van der Waals surface area contributed by atoms with E-state index in [1.54, 1.807) is 19.1 Å². The number of ether oxygens (including phenoxy) is 1. The predicted molar refractivity (Wildman–Crippen MR) is 98.8 cm³/mol. The molecule has 1 aliphatic rings. The van der Waals surface area contributed by atoms with Gasteiger partial charge < -0.3 is 15.2 Å². The molecule has 150 valence electrons. The van der Waals surface area contributed by atoms with Crippen LogP contribution >= 0.6 is 0 Å². The smallest absolute Gasteiger partial charge is 0.328 e. The number of aliphatic carboxylic acids is 1. The zero-order valence-electron chi connectivity index (χ0n) is 15.8. The Hall–Kier alpha value is -1.97. The van der Waals surface area contributed by atoms with Gasteiger partial charge in [0.1, 0.15) is 0 Å². The van der Waals surface area contributed by atoms with E-state index < -0.39 is 28.0 Å². The molecular formula is C18H26N2O6S. The third-order valence-corrected chi connectivity index (χ3v) is 6.78. The van der Waals surface area contributed by atoms with E-state index in [0.717, 1.165) is 5.56 Å². The summed E-state index contributed by atoms with van der Waals surface area (Å²) in [6.07, 6.45) is 0.685. The predicted octanol–water partition coefficient (Wildman–Crippen LogP) is 0.920. The van der Waals surface area contributed by atoms with E-state index in [4.69, 9.17) is 9.84 Å². The molecule has 1 heterocycles. The van der Waals surface area contributed by atoms with Gasteiger partial charge in [-0.15, -0.1) is 0 Å². The average Bonchev–Trinajstić information content (AvgIpc) is 2.61. The van der Waals surface area contributed by atoms with Gasteiger partial charge in [-0.25, -0.2) is 13.2 Å². The highest BCUT2D eigenvalue weighted by Gasteiger charge is 2.34. The van der Waals surface area contributed by atoms with Crippen LogP contribution in [0.1, 0.15) is 24.0 Å². The molecule has 0 radical (unpaired) electrons. The maximum Gasteiger partial charge on any atom is 0.328 e. The van der Waals surface area contributed by atoms with Crippen molar-refractivity contribution < 1.29 is 27.9 Å². The molecule has 0 saturated carbocycles. The van der Waals surface area contributed by atoms with Gasteiger partial charge in [0.15, 0.2) is 6.04 Å². The number of carboxylic acid groups (broad SMARTS) is 1. The van der Waals surface area contributed by atoms with E-state index in [0.29, 0.717) is 18.4 Å². The van der Waals surface area contributed by atoms with Crippen molar-refractivity contribution >= 4 is 21.9 Å². The van der Waals surface area contributed by atoms with Crippen molar-refractivity contribution in [3.05, 3.63) is 29.3 Å². The number of aryl methyl sites for hydroxylation is 2. The topological polar surface area (TPSA) is 113 Å². The quantitative estimate of drug-likeness (QED) is 0.706. The Bertz CT molecular complexity index is 800. The van der Waals surface area contributed by atoms with Gasteiger partial charge >= 0.3 is 5.97 Å². The minimum atomic E-state index is -3.62. The molecule has 1 aliphatic heterocycles. The Morgan fingerprint density at radius 1 is 1.30 bits per heavy atom. The summed E-state index contributed by atoms with van der Waals surface area (Å²) in [7, 11) is -2.26. The fourth-order valence-corrected chi connectivity index (χ4v) is 4.89. The van der Waals surface area contributed by atoms with Crippen LogP contribution in [0.15, 0.2) is 23.1 Å². The molecule has 0 spiro atoms. The van der Waals surface area contributed by atoms with Crippen LogP contribution in [-0.4, -0.2) is 62.6 Å². The van der Waals surface area contributed by atoms with Crippen molar-refractivity contribution in [1.29, 1.82) is 0 Å². The zero-order chi connectivity index (χ0) is 20.2. The van der Waals surface area contributed by atoms with Crippen molar-refractivity contribution in [1.82, 2.24) is 9.62 Å². The monoisotopic (exact) mass is 398 g/mol. The molecule has 8 nitrogen and oxygen atoms in total. The molecule has 0 aliphatic carbocycles. The van der Waals surface area contributed by atoms with Crippen LogP contribution in [0.2, 0.25) is 0 Å². The Labute approximate surface area is 159 Å². The van der Waals surface area contributed by atoms with Crippen LogP contribution in [0.4, 0.5) is 0 Å². The first kappa shape index (κ1) is 21.3. The molecule has 27 heavy (non-hydrogen) atoms. The minimum Gasteiger partial charge on any atom is -0.480 e. The molecule has 2 rings (SSSR count). The number of nitrogens with one attached hydrogen (secondary N) is 1. The summed E-state index contributed by atoms with van der Waals surface area (Å²) < 4.78 is 31.9. The number of nitrogens with zero attached hydrogens (tertiary/aromatic N) is 1. The van der Waals surface area contributed by atoms with Crippen molar-refractivity contribution in [2.24, 2.45) is 5.92 Å². The second-order valence-electron chi connectivity index (χ2n) is 6.80. The first-order valence-corrected chi connectivity index (χ1v) is 10.2. The number of carbonyl (C=O) groups is 2. The van der Waals surface area contributed by atoms with Gasteiger partial charge in [0.05, 0.1) is 11.5 Å². The first-order valence-electron chi connectivity index (χ1n) is 8.76. The third kappa shape index (κ3) is 5.06. The molecule has 1 amide bonds. The number of hydrogen-bond acceptors (Lipinski definition) is 5. The molecule has 0 bridgehead atoms. The molecule has 1 aromatic carbocycles. The van der Waals surface area contributed by atoms with Crippen LogP contribution in [0.5, 0.6) is 0 Å². The lowest BCUT2D eigenvalue weighted by Crippen LogP contribution is -2.49. The summed E-state index contributed by atoms with van der Waals surface area (Å²) in [5.74, 6) is -1.97. The Morgan fingerprint density at radius 2 is 1.93 bits per heavy atom. The Morgan fingerprint density at radius 3 is 2.44 bits per heavy atom. The number of benzene rings is 1. The van der Waals surface area contributed by atoms with Crippen LogP contribution in [0.3, 0.4) is 0 Å². The molecule has 1 aromatic rings. The third-order valence-electron chi connectivity index (χ3n) is 4.72. The largest absolute Gasteiger partial charge is 0.480 e. The molecule has 1 saturated heterocycles. The minimum absolute atomic E-state index is 0.124. The Balaban J connectivity index is 2.01. The van der Waals surface area contributed by atoms with E-state index in [1.807, 2.05) is 13.0 Å². The lowest BCUT2D eigenvalue weighted by atomic mass is 9.97. The standard InChI is InChI=1S/C18H26N2O6S/c1-12-4-5-16(13(2)10-12)27(24,25)20-8-6-14(7-9-20)17(21)19-15(11-26-3)18(22)23/h4-5,10,14-15H,6-9,11H2,1-3H3,(H,19,21)(H,22,23). The summed E-state index contributed by atoms with van der Waals surface area (Å²) in [5, 5.41) is 11.5. The number of carboxylic acids is 1. The van der Waals surface area contributed by atoms with Crippen LogP contribution in [0.25, 0.3) is 0 Å². The molecule has 2 N–H and O–H groups in total. The molecule has 0 aromatic heterocycles. The van der Waals surface area contributed by atoms with E-state index in [9.17, 15) is 18.0 Å². The van der Waals surface area contributed by atoms with E-state index in [1.165, 1.54) is 11.4 Å². The van der Waals surface area contributed by atoms with E-state index in [2.05, 4.69) is 5.32 Å².